The second-order valence-electron chi connectivity index (χ2n) is 8.71. The molecule has 178 valence electrons. The molecule has 7 nitrogen and oxygen atoms in total. The fraction of sp³-hybridized carbons (Fsp3) is 0.296. The van der Waals surface area contributed by atoms with Gasteiger partial charge in [0.15, 0.2) is 0 Å². The molecule has 3 rings (SSSR count). The Labute approximate surface area is 200 Å². The van der Waals surface area contributed by atoms with Crippen LogP contribution in [0.2, 0.25) is 0 Å². The number of nitrogens with zero attached hydrogens (tertiary/aromatic N) is 1. The Morgan fingerprint density at radius 1 is 1.03 bits per heavy atom. The lowest BCUT2D eigenvalue weighted by Crippen LogP contribution is -2.55. The van der Waals surface area contributed by atoms with Crippen LogP contribution < -0.4 is 10.6 Å². The molecule has 0 aliphatic carbocycles. The second-order valence-corrected chi connectivity index (χ2v) is 8.71. The van der Waals surface area contributed by atoms with E-state index in [1.165, 1.54) is 11.8 Å². The smallest absolute Gasteiger partial charge is 0.247 e. The van der Waals surface area contributed by atoms with Crippen LogP contribution in [0.15, 0.2) is 67.0 Å². The van der Waals surface area contributed by atoms with Gasteiger partial charge in [0.1, 0.15) is 12.1 Å². The van der Waals surface area contributed by atoms with Crippen molar-refractivity contribution in [3.05, 3.63) is 78.1 Å². The van der Waals surface area contributed by atoms with E-state index in [1.807, 2.05) is 80.7 Å². The number of benzene rings is 2. The first-order valence-corrected chi connectivity index (χ1v) is 11.4. The quantitative estimate of drug-likeness (QED) is 0.456. The summed E-state index contributed by atoms with van der Waals surface area (Å²) in [6, 6.07) is 16.0. The van der Waals surface area contributed by atoms with E-state index >= 15 is 0 Å². The minimum atomic E-state index is -0.752. The van der Waals surface area contributed by atoms with Gasteiger partial charge in [-0.05, 0) is 23.6 Å². The molecule has 0 bridgehead atoms. The summed E-state index contributed by atoms with van der Waals surface area (Å²) in [5, 5.41) is 6.61. The maximum absolute atomic E-state index is 13.3. The van der Waals surface area contributed by atoms with Crippen LogP contribution in [0.1, 0.15) is 31.9 Å². The molecule has 0 fully saturated rings. The van der Waals surface area contributed by atoms with E-state index in [4.69, 9.17) is 0 Å². The SMILES string of the molecule is CC(=O)NC(C(=O)N(C)C(Cc1ccccc1)C(=O)NC=Cc1c[nH]c2ccccc12)C(C)C. The maximum Gasteiger partial charge on any atom is 0.247 e. The first-order valence-electron chi connectivity index (χ1n) is 11.4. The molecule has 0 radical (unpaired) electrons. The van der Waals surface area contributed by atoms with E-state index in [2.05, 4.69) is 15.6 Å². The molecule has 34 heavy (non-hydrogen) atoms. The fourth-order valence-corrected chi connectivity index (χ4v) is 3.89. The Bertz CT molecular complexity index is 1170. The summed E-state index contributed by atoms with van der Waals surface area (Å²) in [7, 11) is 1.61. The maximum atomic E-state index is 13.3. The van der Waals surface area contributed by atoms with Gasteiger partial charge in [-0.15, -0.1) is 0 Å². The number of amides is 3. The Morgan fingerprint density at radius 2 is 1.71 bits per heavy atom. The van der Waals surface area contributed by atoms with E-state index in [1.54, 1.807) is 13.2 Å². The molecule has 2 atom stereocenters. The molecule has 0 saturated heterocycles. The highest BCUT2D eigenvalue weighted by Crippen LogP contribution is 2.19. The number of rotatable bonds is 9. The second kappa shape index (κ2) is 11.3. The Balaban J connectivity index is 1.80. The highest BCUT2D eigenvalue weighted by Gasteiger charge is 2.33. The van der Waals surface area contributed by atoms with Crippen molar-refractivity contribution in [2.45, 2.75) is 39.3 Å². The van der Waals surface area contributed by atoms with Crippen LogP contribution in [0, 0.1) is 5.92 Å². The number of likely N-dealkylation sites (N-methyl/N-ethyl adjacent to an activating group) is 1. The Kier molecular flexibility index (Phi) is 8.24. The first kappa shape index (κ1) is 24.8. The van der Waals surface area contributed by atoms with Crippen molar-refractivity contribution in [3.8, 4) is 0 Å². The Morgan fingerprint density at radius 3 is 2.38 bits per heavy atom. The third kappa shape index (κ3) is 6.13. The largest absolute Gasteiger partial charge is 0.361 e. The van der Waals surface area contributed by atoms with Gasteiger partial charge in [-0.25, -0.2) is 0 Å². The summed E-state index contributed by atoms with van der Waals surface area (Å²) >= 11 is 0. The van der Waals surface area contributed by atoms with Gasteiger partial charge in [0, 0.05) is 49.3 Å². The van der Waals surface area contributed by atoms with E-state index in [-0.39, 0.29) is 23.6 Å². The molecule has 3 amide bonds. The molecular weight excluding hydrogens is 428 g/mol. The molecule has 0 saturated carbocycles. The molecule has 0 aliphatic rings. The van der Waals surface area contributed by atoms with Crippen LogP contribution in [0.25, 0.3) is 17.0 Å². The van der Waals surface area contributed by atoms with E-state index < -0.39 is 12.1 Å². The molecule has 2 aromatic carbocycles. The first-order chi connectivity index (χ1) is 16.3. The summed E-state index contributed by atoms with van der Waals surface area (Å²) in [5.74, 6) is -1.02. The summed E-state index contributed by atoms with van der Waals surface area (Å²) in [4.78, 5) is 42.8. The number of fused-ring (bicyclic) bond motifs is 1. The number of carbonyl (C=O) groups is 3. The number of carbonyl (C=O) groups excluding carboxylic acids is 3. The standard InChI is InChI=1S/C27H32N4O3/c1-18(2)25(30-19(3)32)27(34)31(4)24(16-20-10-6-5-7-11-20)26(33)28-15-14-21-17-29-23-13-9-8-12-22(21)23/h5-15,17-18,24-25,29H,16H2,1-4H3,(H,28,33)(H,30,32). The third-order valence-electron chi connectivity index (χ3n) is 5.79. The van der Waals surface area contributed by atoms with Crippen molar-refractivity contribution >= 4 is 34.7 Å². The predicted molar refractivity (Wildman–Crippen MR) is 135 cm³/mol. The molecule has 2 unspecified atom stereocenters. The van der Waals surface area contributed by atoms with Crippen molar-refractivity contribution in [1.29, 1.82) is 0 Å². The van der Waals surface area contributed by atoms with E-state index in [0.29, 0.717) is 6.42 Å². The van der Waals surface area contributed by atoms with Gasteiger partial charge < -0.3 is 20.5 Å². The molecule has 3 aromatic rings. The third-order valence-corrected chi connectivity index (χ3v) is 5.79. The molecule has 3 N–H and O–H groups in total. The van der Waals surface area contributed by atoms with Gasteiger partial charge in [0.2, 0.25) is 17.7 Å². The van der Waals surface area contributed by atoms with Gasteiger partial charge in [0.25, 0.3) is 0 Å². The molecule has 7 heteroatoms. The monoisotopic (exact) mass is 460 g/mol. The zero-order valence-electron chi connectivity index (χ0n) is 20.0. The number of H-pyrrole nitrogens is 1. The van der Waals surface area contributed by atoms with E-state index in [0.717, 1.165) is 22.0 Å². The van der Waals surface area contributed by atoms with Crippen LogP contribution in [0.4, 0.5) is 0 Å². The zero-order valence-corrected chi connectivity index (χ0v) is 20.0. The number of para-hydroxylation sites is 1. The van der Waals surface area contributed by atoms with Crippen molar-refractivity contribution < 1.29 is 14.4 Å². The van der Waals surface area contributed by atoms with Crippen LogP contribution >= 0.6 is 0 Å². The van der Waals surface area contributed by atoms with Crippen LogP contribution in [0.5, 0.6) is 0 Å². The highest BCUT2D eigenvalue weighted by molar-refractivity contribution is 5.93. The minimum Gasteiger partial charge on any atom is -0.361 e. The summed E-state index contributed by atoms with van der Waals surface area (Å²) in [6.07, 6.45) is 5.65. The zero-order chi connectivity index (χ0) is 24.7. The predicted octanol–water partition coefficient (Wildman–Crippen LogP) is 3.49. The molecule has 1 aromatic heterocycles. The van der Waals surface area contributed by atoms with Crippen LogP contribution in [-0.2, 0) is 20.8 Å². The van der Waals surface area contributed by atoms with Crippen LogP contribution in [0.3, 0.4) is 0 Å². The lowest BCUT2D eigenvalue weighted by atomic mass is 9.99. The van der Waals surface area contributed by atoms with Gasteiger partial charge in [0.05, 0.1) is 0 Å². The fourth-order valence-electron chi connectivity index (χ4n) is 3.89. The summed E-state index contributed by atoms with van der Waals surface area (Å²) in [6.45, 7) is 5.11. The number of hydrogen-bond donors (Lipinski definition) is 3. The van der Waals surface area contributed by atoms with Gasteiger partial charge in [-0.3, -0.25) is 14.4 Å². The molecule has 0 aliphatic heterocycles. The summed E-state index contributed by atoms with van der Waals surface area (Å²) < 4.78 is 0. The number of aromatic amines is 1. The highest BCUT2D eigenvalue weighted by atomic mass is 16.2. The average Bonchev–Trinajstić information content (AvgIpc) is 3.23. The lowest BCUT2D eigenvalue weighted by Gasteiger charge is -2.32. The van der Waals surface area contributed by atoms with E-state index in [9.17, 15) is 14.4 Å². The van der Waals surface area contributed by atoms with Gasteiger partial charge >= 0.3 is 0 Å². The average molecular weight is 461 g/mol. The molecule has 1 heterocycles. The lowest BCUT2D eigenvalue weighted by molar-refractivity contribution is -0.142. The van der Waals surface area contributed by atoms with Crippen molar-refractivity contribution in [3.63, 3.8) is 0 Å². The number of aromatic nitrogens is 1. The van der Waals surface area contributed by atoms with Gasteiger partial charge in [-0.1, -0.05) is 62.4 Å². The Hall–Kier alpha value is -3.87. The van der Waals surface area contributed by atoms with Crippen molar-refractivity contribution in [2.75, 3.05) is 7.05 Å². The minimum absolute atomic E-state index is 0.124. The number of hydrogen-bond acceptors (Lipinski definition) is 3. The van der Waals surface area contributed by atoms with Crippen molar-refractivity contribution in [2.24, 2.45) is 5.92 Å². The van der Waals surface area contributed by atoms with Gasteiger partial charge in [-0.2, -0.15) is 0 Å². The molecular formula is C27H32N4O3. The summed E-state index contributed by atoms with van der Waals surface area (Å²) in [5.41, 5.74) is 2.90. The number of nitrogens with one attached hydrogen (secondary N) is 3. The van der Waals surface area contributed by atoms with Crippen LogP contribution in [-0.4, -0.2) is 46.7 Å². The topological polar surface area (TPSA) is 94.3 Å². The van der Waals surface area contributed by atoms with Crippen molar-refractivity contribution in [1.82, 2.24) is 20.5 Å². The molecule has 0 spiro atoms. The normalized spacial score (nSPS) is 13.1.